The second kappa shape index (κ2) is 7.72. The third-order valence-electron chi connectivity index (χ3n) is 3.74. The van der Waals surface area contributed by atoms with Crippen molar-refractivity contribution in [1.29, 1.82) is 0 Å². The molecule has 3 aromatic rings. The first-order valence-corrected chi connectivity index (χ1v) is 8.47. The summed E-state index contributed by atoms with van der Waals surface area (Å²) >= 11 is 12.0. The number of hydrogen-bond acceptors (Lipinski definition) is 4. The van der Waals surface area contributed by atoms with Crippen LogP contribution in [0.2, 0.25) is 10.0 Å². The predicted octanol–water partition coefficient (Wildman–Crippen LogP) is 2.39. The Morgan fingerprint density at radius 3 is 2.62 bits per heavy atom. The maximum absolute atomic E-state index is 12.4. The van der Waals surface area contributed by atoms with Crippen molar-refractivity contribution < 1.29 is 4.79 Å². The lowest BCUT2D eigenvalue weighted by atomic mass is 10.2. The van der Waals surface area contributed by atoms with E-state index in [2.05, 4.69) is 10.4 Å². The van der Waals surface area contributed by atoms with Gasteiger partial charge in [-0.2, -0.15) is 9.36 Å². The number of halogens is 2. The Kier molecular flexibility index (Phi) is 5.39. The number of carbonyl (C=O) groups is 1. The topological polar surface area (TPSA) is 73.0 Å². The van der Waals surface area contributed by atoms with Crippen LogP contribution < -0.4 is 5.69 Å². The molecule has 0 N–H and O–H groups in total. The smallest absolute Gasteiger partial charge is 0.340 e. The Morgan fingerprint density at radius 2 is 1.88 bits per heavy atom. The van der Waals surface area contributed by atoms with Crippen LogP contribution in [-0.4, -0.2) is 37.6 Å². The molecule has 0 saturated carbocycles. The van der Waals surface area contributed by atoms with E-state index in [4.69, 9.17) is 23.2 Å². The molecule has 0 radical (unpaired) electrons. The maximum Gasteiger partial charge on any atom is 0.369 e. The van der Waals surface area contributed by atoms with Crippen LogP contribution in [0.1, 0.15) is 5.56 Å². The van der Waals surface area contributed by atoms with E-state index in [9.17, 15) is 9.59 Å². The van der Waals surface area contributed by atoms with Gasteiger partial charge in [0.25, 0.3) is 0 Å². The number of tetrazole rings is 1. The molecule has 1 amide bonds. The molecule has 7 nitrogen and oxygen atoms in total. The van der Waals surface area contributed by atoms with E-state index in [1.807, 2.05) is 12.1 Å². The number of carbonyl (C=O) groups excluding carboxylic acids is 1. The summed E-state index contributed by atoms with van der Waals surface area (Å²) in [5.74, 6) is -0.279. The Bertz CT molecular complexity index is 999. The molecule has 0 unspecified atom stereocenters. The van der Waals surface area contributed by atoms with E-state index < -0.39 is 5.69 Å². The SMILES string of the molecule is CN(Cc1cccc(Cl)c1)C(=O)Cn1nnn(-c2ccccc2Cl)c1=O. The van der Waals surface area contributed by atoms with Crippen molar-refractivity contribution in [3.63, 3.8) is 0 Å². The fraction of sp³-hybridized carbons (Fsp3) is 0.176. The highest BCUT2D eigenvalue weighted by Crippen LogP contribution is 2.17. The van der Waals surface area contributed by atoms with Gasteiger partial charge in [0, 0.05) is 18.6 Å². The van der Waals surface area contributed by atoms with Gasteiger partial charge < -0.3 is 4.90 Å². The number of nitrogens with zero attached hydrogens (tertiary/aromatic N) is 5. The Morgan fingerprint density at radius 1 is 1.12 bits per heavy atom. The van der Waals surface area contributed by atoms with Crippen molar-refractivity contribution >= 4 is 29.1 Å². The Hall–Kier alpha value is -2.64. The summed E-state index contributed by atoms with van der Waals surface area (Å²) in [4.78, 5) is 26.3. The average molecular weight is 392 g/mol. The molecular weight excluding hydrogens is 377 g/mol. The van der Waals surface area contributed by atoms with Gasteiger partial charge in [-0.15, -0.1) is 0 Å². The predicted molar refractivity (Wildman–Crippen MR) is 98.6 cm³/mol. The molecule has 0 aliphatic carbocycles. The summed E-state index contributed by atoms with van der Waals surface area (Å²) in [6, 6.07) is 14.0. The van der Waals surface area contributed by atoms with E-state index in [-0.39, 0.29) is 12.5 Å². The fourth-order valence-electron chi connectivity index (χ4n) is 2.39. The van der Waals surface area contributed by atoms with E-state index in [1.165, 1.54) is 4.90 Å². The lowest BCUT2D eigenvalue weighted by Crippen LogP contribution is -2.34. The monoisotopic (exact) mass is 391 g/mol. The van der Waals surface area contributed by atoms with E-state index in [1.54, 1.807) is 43.4 Å². The minimum atomic E-state index is -0.539. The number of para-hydroxylation sites is 1. The molecule has 3 rings (SSSR count). The number of likely N-dealkylation sites (N-methyl/N-ethyl adjacent to an activating group) is 1. The van der Waals surface area contributed by atoms with Crippen LogP contribution in [0, 0.1) is 0 Å². The number of amides is 1. The summed E-state index contributed by atoms with van der Waals surface area (Å²) in [7, 11) is 1.65. The molecule has 0 aliphatic heterocycles. The van der Waals surface area contributed by atoms with Gasteiger partial charge in [-0.05, 0) is 40.3 Å². The van der Waals surface area contributed by atoms with Crippen LogP contribution in [0.15, 0.2) is 53.3 Å². The van der Waals surface area contributed by atoms with Crippen molar-refractivity contribution in [1.82, 2.24) is 24.7 Å². The largest absolute Gasteiger partial charge is 0.369 e. The van der Waals surface area contributed by atoms with Crippen molar-refractivity contribution in [2.24, 2.45) is 0 Å². The van der Waals surface area contributed by atoms with Gasteiger partial charge in [-0.3, -0.25) is 4.79 Å². The van der Waals surface area contributed by atoms with Crippen LogP contribution in [0.25, 0.3) is 5.69 Å². The molecule has 2 aromatic carbocycles. The zero-order valence-corrected chi connectivity index (χ0v) is 15.4. The van der Waals surface area contributed by atoms with Crippen LogP contribution in [0.4, 0.5) is 0 Å². The molecule has 0 saturated heterocycles. The number of benzene rings is 2. The van der Waals surface area contributed by atoms with Gasteiger partial charge >= 0.3 is 5.69 Å². The number of aromatic nitrogens is 4. The van der Waals surface area contributed by atoms with E-state index in [0.29, 0.717) is 22.3 Å². The maximum atomic E-state index is 12.4. The highest BCUT2D eigenvalue weighted by molar-refractivity contribution is 6.32. The quantitative estimate of drug-likeness (QED) is 0.669. The molecule has 1 aromatic heterocycles. The minimum absolute atomic E-state index is 0.222. The van der Waals surface area contributed by atoms with Crippen LogP contribution in [-0.2, 0) is 17.9 Å². The van der Waals surface area contributed by atoms with Crippen LogP contribution in [0.3, 0.4) is 0 Å². The zero-order chi connectivity index (χ0) is 18.7. The molecule has 9 heteroatoms. The zero-order valence-electron chi connectivity index (χ0n) is 13.8. The lowest BCUT2D eigenvalue weighted by Gasteiger charge is -2.16. The molecule has 26 heavy (non-hydrogen) atoms. The van der Waals surface area contributed by atoms with Crippen LogP contribution in [0.5, 0.6) is 0 Å². The first-order chi connectivity index (χ1) is 12.5. The summed E-state index contributed by atoms with van der Waals surface area (Å²) in [6.45, 7) is 0.146. The molecule has 134 valence electrons. The summed E-state index contributed by atoms with van der Waals surface area (Å²) in [5, 5.41) is 8.53. The third kappa shape index (κ3) is 3.95. The molecule has 0 spiro atoms. The number of rotatable bonds is 5. The second-order valence-electron chi connectivity index (χ2n) is 5.66. The summed E-state index contributed by atoms with van der Waals surface area (Å²) < 4.78 is 2.06. The normalized spacial score (nSPS) is 10.7. The number of hydrogen-bond donors (Lipinski definition) is 0. The molecular formula is C17H15Cl2N5O2. The fourth-order valence-corrected chi connectivity index (χ4v) is 2.82. The molecule has 0 bridgehead atoms. The van der Waals surface area contributed by atoms with Gasteiger partial charge in [0.2, 0.25) is 5.91 Å². The van der Waals surface area contributed by atoms with Crippen molar-refractivity contribution in [2.45, 2.75) is 13.1 Å². The van der Waals surface area contributed by atoms with Crippen LogP contribution >= 0.6 is 23.2 Å². The van der Waals surface area contributed by atoms with Gasteiger partial charge in [0.05, 0.1) is 10.7 Å². The van der Waals surface area contributed by atoms with Gasteiger partial charge in [0.1, 0.15) is 6.54 Å². The third-order valence-corrected chi connectivity index (χ3v) is 4.29. The lowest BCUT2D eigenvalue weighted by molar-refractivity contribution is -0.131. The van der Waals surface area contributed by atoms with Gasteiger partial charge in [-0.1, -0.05) is 47.5 Å². The summed E-state index contributed by atoms with van der Waals surface area (Å²) in [6.07, 6.45) is 0. The summed E-state index contributed by atoms with van der Waals surface area (Å²) in [5.41, 5.74) is 0.758. The highest BCUT2D eigenvalue weighted by atomic mass is 35.5. The standard InChI is InChI=1S/C17H15Cl2N5O2/c1-22(10-12-5-4-6-13(18)9-12)16(25)11-23-17(26)24(21-20-23)15-8-3-2-7-14(15)19/h2-9H,10-11H2,1H3. The Labute approximate surface area is 159 Å². The van der Waals surface area contributed by atoms with Gasteiger partial charge in [-0.25, -0.2) is 4.79 Å². The molecule has 0 fully saturated rings. The van der Waals surface area contributed by atoms with Crippen molar-refractivity contribution in [2.75, 3.05) is 7.05 Å². The van der Waals surface area contributed by atoms with E-state index >= 15 is 0 Å². The average Bonchev–Trinajstić information content (AvgIpc) is 2.96. The Balaban J connectivity index is 1.74. The highest BCUT2D eigenvalue weighted by Gasteiger charge is 2.16. The minimum Gasteiger partial charge on any atom is -0.340 e. The molecule has 0 atom stereocenters. The molecule has 1 heterocycles. The van der Waals surface area contributed by atoms with Crippen molar-refractivity contribution in [3.8, 4) is 5.69 Å². The first kappa shape index (κ1) is 18.2. The first-order valence-electron chi connectivity index (χ1n) is 7.72. The van der Waals surface area contributed by atoms with Crippen molar-refractivity contribution in [3.05, 3.63) is 74.6 Å². The molecule has 0 aliphatic rings. The second-order valence-corrected chi connectivity index (χ2v) is 6.51. The van der Waals surface area contributed by atoms with Gasteiger partial charge in [0.15, 0.2) is 0 Å². The van der Waals surface area contributed by atoms with E-state index in [0.717, 1.165) is 14.9 Å².